The molecule has 2 aliphatic carbocycles. The second-order valence-corrected chi connectivity index (χ2v) is 5.98. The molecule has 3 heteroatoms. The van der Waals surface area contributed by atoms with E-state index in [1.807, 2.05) is 18.2 Å². The Balaban J connectivity index is 1.97. The molecule has 90 valence electrons. The monoisotopic (exact) mass is 250 g/mol. The minimum absolute atomic E-state index is 0.317. The standard InChI is InChI=1S/C14H15ClO2/c15-11-5-2-1-4-10(11)14(12(16)17)8-13(9-14)6-3-7-13/h1-2,4-5H,3,6-9H2,(H,16,17). The fourth-order valence-corrected chi connectivity index (χ4v) is 3.88. The number of aliphatic carboxylic acids is 1. The molecular formula is C14H15ClO2. The zero-order chi connectivity index (χ0) is 12.1. The van der Waals surface area contributed by atoms with E-state index in [4.69, 9.17) is 11.6 Å². The van der Waals surface area contributed by atoms with Crippen LogP contribution in [0, 0.1) is 5.41 Å². The maximum absolute atomic E-state index is 11.6. The van der Waals surface area contributed by atoms with Gasteiger partial charge in [0, 0.05) is 5.02 Å². The van der Waals surface area contributed by atoms with Crippen molar-refractivity contribution in [2.45, 2.75) is 37.5 Å². The number of rotatable bonds is 2. The smallest absolute Gasteiger partial charge is 0.314 e. The summed E-state index contributed by atoms with van der Waals surface area (Å²) in [5, 5.41) is 10.1. The molecule has 2 nitrogen and oxygen atoms in total. The van der Waals surface area contributed by atoms with E-state index >= 15 is 0 Å². The van der Waals surface area contributed by atoms with Crippen LogP contribution in [-0.2, 0) is 10.2 Å². The number of hydrogen-bond donors (Lipinski definition) is 1. The van der Waals surface area contributed by atoms with Gasteiger partial charge in [-0.2, -0.15) is 0 Å². The third kappa shape index (κ3) is 1.43. The molecule has 1 aromatic carbocycles. The Kier molecular flexibility index (Phi) is 2.27. The van der Waals surface area contributed by atoms with Crippen molar-refractivity contribution in [3.63, 3.8) is 0 Å². The lowest BCUT2D eigenvalue weighted by Crippen LogP contribution is -2.57. The van der Waals surface area contributed by atoms with Crippen LogP contribution in [0.25, 0.3) is 0 Å². The average molecular weight is 251 g/mol. The lowest BCUT2D eigenvalue weighted by Gasteiger charge is -2.59. The molecule has 1 spiro atoms. The Bertz CT molecular complexity index is 469. The van der Waals surface area contributed by atoms with E-state index in [0.29, 0.717) is 10.4 Å². The normalized spacial score (nSPS) is 23.8. The largest absolute Gasteiger partial charge is 0.481 e. The molecule has 3 rings (SSSR count). The molecule has 2 aliphatic rings. The first-order chi connectivity index (χ1) is 8.08. The zero-order valence-corrected chi connectivity index (χ0v) is 10.3. The van der Waals surface area contributed by atoms with Crippen LogP contribution in [0.5, 0.6) is 0 Å². The number of carboxylic acid groups (broad SMARTS) is 1. The van der Waals surface area contributed by atoms with E-state index in [1.165, 1.54) is 19.3 Å². The Morgan fingerprint density at radius 3 is 2.35 bits per heavy atom. The van der Waals surface area contributed by atoms with Crippen LogP contribution in [0.15, 0.2) is 24.3 Å². The van der Waals surface area contributed by atoms with Gasteiger partial charge in [-0.25, -0.2) is 0 Å². The summed E-state index contributed by atoms with van der Waals surface area (Å²) in [6.45, 7) is 0. The molecule has 0 bridgehead atoms. The Labute approximate surface area is 106 Å². The first kappa shape index (κ1) is 11.1. The van der Waals surface area contributed by atoms with Gasteiger partial charge in [-0.05, 0) is 42.7 Å². The zero-order valence-electron chi connectivity index (χ0n) is 9.58. The molecule has 0 saturated heterocycles. The molecule has 2 fully saturated rings. The van der Waals surface area contributed by atoms with E-state index in [-0.39, 0.29) is 0 Å². The molecule has 1 N–H and O–H groups in total. The van der Waals surface area contributed by atoms with Crippen molar-refractivity contribution in [1.82, 2.24) is 0 Å². The van der Waals surface area contributed by atoms with Gasteiger partial charge in [0.15, 0.2) is 0 Å². The SMILES string of the molecule is O=C(O)C1(c2ccccc2Cl)CC2(CCC2)C1. The molecule has 0 aromatic heterocycles. The van der Waals surface area contributed by atoms with Crippen molar-refractivity contribution in [3.05, 3.63) is 34.9 Å². The maximum Gasteiger partial charge on any atom is 0.314 e. The van der Waals surface area contributed by atoms with E-state index in [0.717, 1.165) is 18.4 Å². The predicted molar refractivity (Wildman–Crippen MR) is 66.3 cm³/mol. The molecule has 0 atom stereocenters. The van der Waals surface area contributed by atoms with Crippen LogP contribution >= 0.6 is 11.6 Å². The van der Waals surface area contributed by atoms with Gasteiger partial charge in [0.1, 0.15) is 0 Å². The van der Waals surface area contributed by atoms with Crippen LogP contribution in [0.3, 0.4) is 0 Å². The number of benzene rings is 1. The molecular weight excluding hydrogens is 236 g/mol. The summed E-state index contributed by atoms with van der Waals surface area (Å²) in [6, 6.07) is 7.37. The van der Waals surface area contributed by atoms with Crippen LogP contribution in [-0.4, -0.2) is 11.1 Å². The third-order valence-electron chi connectivity index (χ3n) is 4.57. The Hall–Kier alpha value is -1.02. The second kappa shape index (κ2) is 3.49. The summed E-state index contributed by atoms with van der Waals surface area (Å²) in [7, 11) is 0. The van der Waals surface area contributed by atoms with Gasteiger partial charge in [0.05, 0.1) is 5.41 Å². The number of hydrogen-bond acceptors (Lipinski definition) is 1. The number of carbonyl (C=O) groups is 1. The maximum atomic E-state index is 11.6. The minimum atomic E-state index is -0.723. The van der Waals surface area contributed by atoms with Crippen LogP contribution in [0.4, 0.5) is 0 Å². The predicted octanol–water partition coefficient (Wildman–Crippen LogP) is 3.63. The summed E-state index contributed by atoms with van der Waals surface area (Å²) in [4.78, 5) is 11.6. The lowest BCUT2D eigenvalue weighted by atomic mass is 9.44. The third-order valence-corrected chi connectivity index (χ3v) is 4.90. The highest BCUT2D eigenvalue weighted by molar-refractivity contribution is 6.31. The molecule has 0 radical (unpaired) electrons. The second-order valence-electron chi connectivity index (χ2n) is 5.57. The van der Waals surface area contributed by atoms with E-state index in [2.05, 4.69) is 0 Å². The fraction of sp³-hybridized carbons (Fsp3) is 0.500. The molecule has 17 heavy (non-hydrogen) atoms. The highest BCUT2D eigenvalue weighted by atomic mass is 35.5. The van der Waals surface area contributed by atoms with Crippen LogP contribution in [0.1, 0.15) is 37.7 Å². The summed E-state index contributed by atoms with van der Waals surface area (Å²) in [5.74, 6) is -0.719. The summed E-state index contributed by atoms with van der Waals surface area (Å²) >= 11 is 6.16. The molecule has 0 unspecified atom stereocenters. The topological polar surface area (TPSA) is 37.3 Å². The Morgan fingerprint density at radius 2 is 1.88 bits per heavy atom. The van der Waals surface area contributed by atoms with Gasteiger partial charge < -0.3 is 5.11 Å². The summed E-state index contributed by atoms with van der Waals surface area (Å²) in [5.41, 5.74) is 0.391. The molecule has 0 aliphatic heterocycles. The molecule has 0 amide bonds. The van der Waals surface area contributed by atoms with Crippen LogP contribution in [0.2, 0.25) is 5.02 Å². The van der Waals surface area contributed by atoms with Crippen molar-refractivity contribution >= 4 is 17.6 Å². The lowest BCUT2D eigenvalue weighted by molar-refractivity contribution is -0.160. The molecule has 0 heterocycles. The van der Waals surface area contributed by atoms with Crippen molar-refractivity contribution in [2.75, 3.05) is 0 Å². The van der Waals surface area contributed by atoms with Gasteiger partial charge in [-0.1, -0.05) is 36.2 Å². The average Bonchev–Trinajstić information content (AvgIpc) is 2.16. The van der Waals surface area contributed by atoms with Gasteiger partial charge in [0.25, 0.3) is 0 Å². The summed E-state index contributed by atoms with van der Waals surface area (Å²) in [6.07, 6.45) is 5.15. The first-order valence-electron chi connectivity index (χ1n) is 6.07. The van der Waals surface area contributed by atoms with Crippen molar-refractivity contribution in [3.8, 4) is 0 Å². The minimum Gasteiger partial charge on any atom is -0.481 e. The quantitative estimate of drug-likeness (QED) is 0.870. The van der Waals surface area contributed by atoms with Gasteiger partial charge in [-0.15, -0.1) is 0 Å². The summed E-state index contributed by atoms with van der Waals surface area (Å²) < 4.78 is 0. The highest BCUT2D eigenvalue weighted by Gasteiger charge is 2.62. The van der Waals surface area contributed by atoms with Gasteiger partial charge in [0.2, 0.25) is 0 Å². The van der Waals surface area contributed by atoms with Gasteiger partial charge in [-0.3, -0.25) is 4.79 Å². The molecule has 2 saturated carbocycles. The number of halogens is 1. The van der Waals surface area contributed by atoms with Crippen molar-refractivity contribution in [2.24, 2.45) is 5.41 Å². The van der Waals surface area contributed by atoms with E-state index in [1.54, 1.807) is 6.07 Å². The van der Waals surface area contributed by atoms with E-state index in [9.17, 15) is 9.90 Å². The Morgan fingerprint density at radius 1 is 1.24 bits per heavy atom. The van der Waals surface area contributed by atoms with Crippen molar-refractivity contribution < 1.29 is 9.90 Å². The highest BCUT2D eigenvalue weighted by Crippen LogP contribution is 2.65. The number of carboxylic acids is 1. The fourth-order valence-electron chi connectivity index (χ4n) is 3.57. The first-order valence-corrected chi connectivity index (χ1v) is 6.44. The van der Waals surface area contributed by atoms with E-state index < -0.39 is 11.4 Å². The van der Waals surface area contributed by atoms with Crippen LogP contribution < -0.4 is 0 Å². The van der Waals surface area contributed by atoms with Gasteiger partial charge >= 0.3 is 5.97 Å². The van der Waals surface area contributed by atoms with Crippen molar-refractivity contribution in [1.29, 1.82) is 0 Å². The molecule has 1 aromatic rings.